The molecule has 0 aliphatic rings. The largest absolute Gasteiger partial charge is 0.490 e. The fourth-order valence-electron chi connectivity index (χ4n) is 6.92. The maximum atomic E-state index is 13.3. The highest BCUT2D eigenvalue weighted by Gasteiger charge is 2.19. The number of carbonyl (C=O) groups excluding carboxylic acids is 1. The van der Waals surface area contributed by atoms with Crippen LogP contribution < -0.4 is 19.5 Å². The van der Waals surface area contributed by atoms with Crippen molar-refractivity contribution in [2.75, 3.05) is 26.4 Å². The second-order valence-electron chi connectivity index (χ2n) is 15.6. The quantitative estimate of drug-likeness (QED) is 0.0646. The molecule has 54 heavy (non-hydrogen) atoms. The zero-order valence-corrected chi connectivity index (χ0v) is 35.6. The van der Waals surface area contributed by atoms with Gasteiger partial charge in [-0.15, -0.1) is 0 Å². The van der Waals surface area contributed by atoms with Gasteiger partial charge >= 0.3 is 5.97 Å². The van der Waals surface area contributed by atoms with Gasteiger partial charge in [0.15, 0.2) is 11.5 Å². The molecule has 314 valence electrons. The molecule has 0 atom stereocenters. The molecule has 0 bridgehead atoms. The third kappa shape index (κ3) is 28.9. The highest BCUT2D eigenvalue weighted by Crippen LogP contribution is 2.40. The van der Waals surface area contributed by atoms with Gasteiger partial charge in [-0.1, -0.05) is 194 Å². The van der Waals surface area contributed by atoms with Crippen molar-refractivity contribution < 1.29 is 28.9 Å². The summed E-state index contributed by atoms with van der Waals surface area (Å²) in [5.74, 6) is 0.615. The van der Waals surface area contributed by atoms with Crippen LogP contribution in [-0.4, -0.2) is 43.3 Å². The van der Waals surface area contributed by atoms with Crippen molar-refractivity contribution in [3.05, 3.63) is 17.7 Å². The second kappa shape index (κ2) is 37.5. The number of carboxylic acids is 1. The van der Waals surface area contributed by atoms with E-state index in [1.165, 1.54) is 154 Å². The van der Waals surface area contributed by atoms with Gasteiger partial charge in [-0.2, -0.15) is 0 Å². The van der Waals surface area contributed by atoms with Crippen molar-refractivity contribution in [1.82, 2.24) is 5.32 Å². The fourth-order valence-corrected chi connectivity index (χ4v) is 6.92. The standard InChI is InChI=1S/C47H85NO6/c1-4-7-10-13-16-19-22-25-28-31-37-52-43-40-42(47(51)48-36-34-35-45(49)50)41-44(53-38-32-29-26-23-20-17-14-11-8-5-2)46(43)54-39-33-30-27-24-21-18-15-12-9-6-3/h40-41H,4-39H2,1-3H3,(H,48,51)(H,49,50). The number of aliphatic carboxylic acids is 1. The van der Waals surface area contributed by atoms with Gasteiger partial charge in [0, 0.05) is 18.5 Å². The predicted molar refractivity (Wildman–Crippen MR) is 228 cm³/mol. The molecule has 2 N–H and O–H groups in total. The first-order valence-corrected chi connectivity index (χ1v) is 23.1. The van der Waals surface area contributed by atoms with Gasteiger partial charge in [-0.05, 0) is 37.8 Å². The summed E-state index contributed by atoms with van der Waals surface area (Å²) in [5.41, 5.74) is 0.452. The Morgan fingerprint density at radius 2 is 0.778 bits per heavy atom. The molecule has 0 radical (unpaired) electrons. The molecule has 0 aliphatic heterocycles. The molecule has 0 fully saturated rings. The van der Waals surface area contributed by atoms with Gasteiger partial charge in [-0.3, -0.25) is 9.59 Å². The Bertz CT molecular complexity index is 967. The molecule has 1 aromatic rings. The zero-order valence-electron chi connectivity index (χ0n) is 35.6. The lowest BCUT2D eigenvalue weighted by molar-refractivity contribution is -0.137. The van der Waals surface area contributed by atoms with Crippen LogP contribution in [0.2, 0.25) is 0 Å². The Morgan fingerprint density at radius 1 is 0.463 bits per heavy atom. The van der Waals surface area contributed by atoms with Crippen LogP contribution in [0.25, 0.3) is 0 Å². The molecule has 0 heterocycles. The van der Waals surface area contributed by atoms with Crippen molar-refractivity contribution in [3.63, 3.8) is 0 Å². The van der Waals surface area contributed by atoms with Crippen molar-refractivity contribution in [1.29, 1.82) is 0 Å². The number of unbranched alkanes of at least 4 members (excludes halogenated alkanes) is 27. The van der Waals surface area contributed by atoms with E-state index in [4.69, 9.17) is 19.3 Å². The van der Waals surface area contributed by atoms with Gasteiger partial charge in [0.25, 0.3) is 5.91 Å². The van der Waals surface area contributed by atoms with E-state index in [2.05, 4.69) is 26.1 Å². The van der Waals surface area contributed by atoms with E-state index in [9.17, 15) is 9.59 Å². The first kappa shape index (κ1) is 49.6. The molecule has 1 amide bonds. The van der Waals surface area contributed by atoms with E-state index in [1.807, 2.05) is 0 Å². The van der Waals surface area contributed by atoms with E-state index in [-0.39, 0.29) is 12.3 Å². The second-order valence-corrected chi connectivity index (χ2v) is 15.6. The molecule has 0 aromatic heterocycles. The molecule has 0 aliphatic carbocycles. The summed E-state index contributed by atoms with van der Waals surface area (Å²) in [6, 6.07) is 3.56. The number of amides is 1. The van der Waals surface area contributed by atoms with E-state index in [1.54, 1.807) is 12.1 Å². The van der Waals surface area contributed by atoms with Crippen molar-refractivity contribution in [3.8, 4) is 17.2 Å². The van der Waals surface area contributed by atoms with Crippen molar-refractivity contribution >= 4 is 11.9 Å². The molecule has 0 saturated carbocycles. The molecule has 1 rings (SSSR count). The SMILES string of the molecule is CCCCCCCCCCCCOc1cc(C(=O)NCCCC(=O)O)cc(OCCCCCCCCCCCC)c1OCCCCCCCCCCCC. The van der Waals surface area contributed by atoms with E-state index < -0.39 is 5.97 Å². The minimum Gasteiger partial charge on any atom is -0.490 e. The minimum atomic E-state index is -0.863. The molecule has 1 aromatic carbocycles. The lowest BCUT2D eigenvalue weighted by atomic mass is 10.1. The predicted octanol–water partition coefficient (Wildman–Crippen LogP) is 14.2. The highest BCUT2D eigenvalue weighted by atomic mass is 16.5. The molecular formula is C47H85NO6. The van der Waals surface area contributed by atoms with Gasteiger partial charge in [0.2, 0.25) is 5.75 Å². The molecule has 7 heteroatoms. The first-order valence-electron chi connectivity index (χ1n) is 23.1. The molecule has 0 unspecified atom stereocenters. The lowest BCUT2D eigenvalue weighted by Crippen LogP contribution is -2.25. The number of hydrogen-bond acceptors (Lipinski definition) is 5. The van der Waals surface area contributed by atoms with Gasteiger partial charge in [0.1, 0.15) is 0 Å². The van der Waals surface area contributed by atoms with Crippen LogP contribution in [0.15, 0.2) is 12.1 Å². The van der Waals surface area contributed by atoms with E-state index in [0.717, 1.165) is 38.5 Å². The van der Waals surface area contributed by atoms with Crippen molar-refractivity contribution in [2.45, 2.75) is 226 Å². The smallest absolute Gasteiger partial charge is 0.303 e. The summed E-state index contributed by atoms with van der Waals surface area (Å²) < 4.78 is 19.2. The van der Waals surface area contributed by atoms with Crippen LogP contribution in [-0.2, 0) is 4.79 Å². The fraction of sp³-hybridized carbons (Fsp3) is 0.830. The topological polar surface area (TPSA) is 94.1 Å². The number of benzene rings is 1. The number of carboxylic acid groups (broad SMARTS) is 1. The Balaban J connectivity index is 2.86. The first-order chi connectivity index (χ1) is 26.5. The minimum absolute atomic E-state index is 0.0203. The van der Waals surface area contributed by atoms with Crippen molar-refractivity contribution in [2.24, 2.45) is 0 Å². The van der Waals surface area contributed by atoms with Crippen LogP contribution in [0.5, 0.6) is 17.2 Å². The molecular weight excluding hydrogens is 675 g/mol. The van der Waals surface area contributed by atoms with Gasteiger partial charge in [0.05, 0.1) is 19.8 Å². The normalized spacial score (nSPS) is 11.2. The van der Waals surface area contributed by atoms with Crippen LogP contribution in [0.3, 0.4) is 0 Å². The zero-order chi connectivity index (χ0) is 39.2. The van der Waals surface area contributed by atoms with Crippen LogP contribution in [0, 0.1) is 0 Å². The maximum absolute atomic E-state index is 13.3. The van der Waals surface area contributed by atoms with E-state index >= 15 is 0 Å². The van der Waals surface area contributed by atoms with Crippen LogP contribution in [0.4, 0.5) is 0 Å². The number of nitrogens with one attached hydrogen (secondary N) is 1. The molecule has 7 nitrogen and oxygen atoms in total. The Morgan fingerprint density at radius 3 is 1.11 bits per heavy atom. The average Bonchev–Trinajstić information content (AvgIpc) is 3.17. The summed E-state index contributed by atoms with van der Waals surface area (Å²) in [6.07, 6.45) is 38.2. The number of rotatable bonds is 41. The lowest BCUT2D eigenvalue weighted by Gasteiger charge is -2.19. The third-order valence-corrected chi connectivity index (χ3v) is 10.4. The summed E-state index contributed by atoms with van der Waals surface area (Å²) in [4.78, 5) is 24.3. The van der Waals surface area contributed by atoms with E-state index in [0.29, 0.717) is 55.6 Å². The molecule has 0 saturated heterocycles. The number of carbonyl (C=O) groups is 2. The summed E-state index contributed by atoms with van der Waals surface area (Å²) in [7, 11) is 0. The van der Waals surface area contributed by atoms with Crippen LogP contribution >= 0.6 is 0 Å². The summed E-state index contributed by atoms with van der Waals surface area (Å²) >= 11 is 0. The van der Waals surface area contributed by atoms with Crippen LogP contribution in [0.1, 0.15) is 237 Å². The van der Waals surface area contributed by atoms with Gasteiger partial charge in [-0.25, -0.2) is 0 Å². The Labute approximate surface area is 332 Å². The van der Waals surface area contributed by atoms with Gasteiger partial charge < -0.3 is 24.6 Å². The Hall–Kier alpha value is -2.44. The number of hydrogen-bond donors (Lipinski definition) is 2. The Kier molecular flexibility index (Phi) is 34.4. The summed E-state index contributed by atoms with van der Waals surface area (Å²) in [6.45, 7) is 8.80. The average molecular weight is 760 g/mol. The number of ether oxygens (including phenoxy) is 3. The maximum Gasteiger partial charge on any atom is 0.303 e. The monoisotopic (exact) mass is 760 g/mol. The summed E-state index contributed by atoms with van der Waals surface area (Å²) in [5, 5.41) is 11.9. The highest BCUT2D eigenvalue weighted by molar-refractivity contribution is 5.95. The third-order valence-electron chi connectivity index (χ3n) is 10.4. The molecule has 0 spiro atoms.